The Balaban J connectivity index is 2.82. The van der Waals surface area contributed by atoms with Gasteiger partial charge in [0.25, 0.3) is 0 Å². The first-order chi connectivity index (χ1) is 11.1. The summed E-state index contributed by atoms with van der Waals surface area (Å²) in [6.07, 6.45) is -0.237. The first-order valence-electron chi connectivity index (χ1n) is 7.69. The van der Waals surface area contributed by atoms with E-state index in [9.17, 15) is 24.3 Å². The molecule has 1 fully saturated rings. The number of hydrogen-bond acceptors (Lipinski definition) is 6. The van der Waals surface area contributed by atoms with Crippen LogP contribution in [-0.4, -0.2) is 76.1 Å². The van der Waals surface area contributed by atoms with Crippen molar-refractivity contribution >= 4 is 23.7 Å². The predicted molar refractivity (Wildman–Crippen MR) is 82.6 cm³/mol. The largest absolute Gasteiger partial charge is 0.480 e. The van der Waals surface area contributed by atoms with Crippen molar-refractivity contribution in [2.75, 3.05) is 13.1 Å². The predicted octanol–water partition coefficient (Wildman–Crippen LogP) is -2.61. The molecule has 1 aliphatic heterocycles. The Labute approximate surface area is 139 Å². The highest BCUT2D eigenvalue weighted by atomic mass is 16.4. The Morgan fingerprint density at radius 2 is 1.92 bits per heavy atom. The zero-order valence-electron chi connectivity index (χ0n) is 13.7. The van der Waals surface area contributed by atoms with Crippen molar-refractivity contribution in [1.82, 2.24) is 15.5 Å². The van der Waals surface area contributed by atoms with Crippen molar-refractivity contribution in [3.63, 3.8) is 0 Å². The summed E-state index contributed by atoms with van der Waals surface area (Å²) >= 11 is 0. The van der Waals surface area contributed by atoms with Gasteiger partial charge in [0.2, 0.25) is 17.7 Å². The number of carboxylic acid groups (broad SMARTS) is 1. The van der Waals surface area contributed by atoms with Crippen molar-refractivity contribution in [1.29, 1.82) is 0 Å². The van der Waals surface area contributed by atoms with E-state index in [0.29, 0.717) is 12.8 Å². The maximum absolute atomic E-state index is 12.6. The number of rotatable bonds is 7. The number of aliphatic hydroxyl groups is 1. The van der Waals surface area contributed by atoms with E-state index in [1.165, 1.54) is 18.7 Å². The molecule has 0 radical (unpaired) electrons. The Hall–Kier alpha value is -2.20. The molecule has 0 bridgehead atoms. The zero-order chi connectivity index (χ0) is 18.4. The average Bonchev–Trinajstić information content (AvgIpc) is 2.98. The van der Waals surface area contributed by atoms with Gasteiger partial charge in [-0.25, -0.2) is 0 Å². The van der Waals surface area contributed by atoms with Gasteiger partial charge in [-0.05, 0) is 26.7 Å². The second-order valence-corrected chi connectivity index (χ2v) is 5.82. The van der Waals surface area contributed by atoms with Crippen LogP contribution in [0.2, 0.25) is 0 Å². The summed E-state index contributed by atoms with van der Waals surface area (Å²) in [6, 6.07) is -2.91. The van der Waals surface area contributed by atoms with Crippen LogP contribution in [0.1, 0.15) is 26.7 Å². The second-order valence-electron chi connectivity index (χ2n) is 5.82. The number of likely N-dealkylation sites (tertiary alicyclic amines) is 1. The van der Waals surface area contributed by atoms with Crippen LogP contribution in [0.25, 0.3) is 0 Å². The fourth-order valence-electron chi connectivity index (χ4n) is 2.44. The number of amides is 3. The number of nitrogens with one attached hydrogen (secondary N) is 2. The third-order valence-corrected chi connectivity index (χ3v) is 3.71. The lowest BCUT2D eigenvalue weighted by Gasteiger charge is -2.30. The van der Waals surface area contributed by atoms with Gasteiger partial charge in [-0.1, -0.05) is 0 Å². The second kappa shape index (κ2) is 8.60. The van der Waals surface area contributed by atoms with Crippen molar-refractivity contribution in [2.45, 2.75) is 50.9 Å². The molecule has 1 heterocycles. The van der Waals surface area contributed by atoms with Crippen LogP contribution >= 0.6 is 0 Å². The first kappa shape index (κ1) is 19.8. The van der Waals surface area contributed by atoms with Gasteiger partial charge < -0.3 is 31.5 Å². The smallest absolute Gasteiger partial charge is 0.322 e. The molecular weight excluding hydrogens is 320 g/mol. The number of hydrogen-bond donors (Lipinski definition) is 5. The highest BCUT2D eigenvalue weighted by Crippen LogP contribution is 2.19. The molecule has 4 atom stereocenters. The molecule has 0 aromatic rings. The molecule has 0 saturated carbocycles. The molecule has 136 valence electrons. The first-order valence-corrected chi connectivity index (χ1v) is 7.69. The minimum Gasteiger partial charge on any atom is -0.480 e. The Morgan fingerprint density at radius 1 is 1.29 bits per heavy atom. The van der Waals surface area contributed by atoms with Gasteiger partial charge in [0.15, 0.2) is 0 Å². The number of aliphatic hydroxyl groups excluding tert-OH is 1. The maximum Gasteiger partial charge on any atom is 0.322 e. The van der Waals surface area contributed by atoms with Crippen molar-refractivity contribution < 1.29 is 29.4 Å². The van der Waals surface area contributed by atoms with E-state index in [1.807, 2.05) is 0 Å². The summed E-state index contributed by atoms with van der Waals surface area (Å²) in [4.78, 5) is 48.1. The Bertz CT molecular complexity index is 507. The number of carboxylic acids is 1. The van der Waals surface area contributed by atoms with Gasteiger partial charge in [0, 0.05) is 6.54 Å². The molecular formula is C14H24N4O6. The Morgan fingerprint density at radius 3 is 2.42 bits per heavy atom. The number of nitrogens with two attached hydrogens (primary N) is 1. The summed E-state index contributed by atoms with van der Waals surface area (Å²) in [5, 5.41) is 23.0. The van der Waals surface area contributed by atoms with E-state index in [0.717, 1.165) is 0 Å². The minimum atomic E-state index is -1.23. The van der Waals surface area contributed by atoms with Gasteiger partial charge in [0.1, 0.15) is 18.6 Å². The molecule has 10 nitrogen and oxygen atoms in total. The summed E-state index contributed by atoms with van der Waals surface area (Å²) in [6.45, 7) is 2.52. The van der Waals surface area contributed by atoms with E-state index >= 15 is 0 Å². The monoisotopic (exact) mass is 344 g/mol. The van der Waals surface area contributed by atoms with E-state index in [-0.39, 0.29) is 6.54 Å². The number of carbonyl (C=O) groups is 4. The molecule has 3 amide bonds. The van der Waals surface area contributed by atoms with E-state index in [4.69, 9.17) is 10.8 Å². The fraction of sp³-hybridized carbons (Fsp3) is 0.714. The highest BCUT2D eigenvalue weighted by Gasteiger charge is 2.39. The van der Waals surface area contributed by atoms with Crippen LogP contribution in [0.3, 0.4) is 0 Å². The summed E-state index contributed by atoms with van der Waals surface area (Å²) in [7, 11) is 0. The number of carbonyl (C=O) groups excluding carboxylic acids is 3. The fourth-order valence-corrected chi connectivity index (χ4v) is 2.44. The molecule has 24 heavy (non-hydrogen) atoms. The average molecular weight is 344 g/mol. The van der Waals surface area contributed by atoms with Crippen LogP contribution in [0.4, 0.5) is 0 Å². The quantitative estimate of drug-likeness (QED) is 0.338. The lowest BCUT2D eigenvalue weighted by molar-refractivity contribution is -0.144. The highest BCUT2D eigenvalue weighted by molar-refractivity contribution is 5.94. The molecule has 1 saturated heterocycles. The topological polar surface area (TPSA) is 162 Å². The van der Waals surface area contributed by atoms with Crippen molar-refractivity contribution in [2.24, 2.45) is 5.73 Å². The molecule has 0 aromatic heterocycles. The summed E-state index contributed by atoms with van der Waals surface area (Å²) in [5.41, 5.74) is 5.44. The van der Waals surface area contributed by atoms with E-state index in [2.05, 4.69) is 10.6 Å². The third-order valence-electron chi connectivity index (χ3n) is 3.71. The van der Waals surface area contributed by atoms with Crippen LogP contribution in [0.15, 0.2) is 0 Å². The third kappa shape index (κ3) is 5.17. The van der Waals surface area contributed by atoms with Crippen LogP contribution in [0, 0.1) is 0 Å². The van der Waals surface area contributed by atoms with Gasteiger partial charge in [-0.3, -0.25) is 19.2 Å². The molecule has 1 rings (SSSR count). The van der Waals surface area contributed by atoms with Gasteiger partial charge in [0.05, 0.1) is 12.1 Å². The Kier molecular flexibility index (Phi) is 7.11. The van der Waals surface area contributed by atoms with Gasteiger partial charge in [-0.15, -0.1) is 0 Å². The summed E-state index contributed by atoms with van der Waals surface area (Å²) in [5.74, 6) is -2.97. The van der Waals surface area contributed by atoms with E-state index in [1.54, 1.807) is 0 Å². The summed E-state index contributed by atoms with van der Waals surface area (Å²) < 4.78 is 0. The van der Waals surface area contributed by atoms with Gasteiger partial charge >= 0.3 is 5.97 Å². The standard InChI is InChI=1S/C14H24N4O6/c1-7(15)12(22)17-11(8(2)19)14(24)18-5-3-4-9(18)13(23)16-6-10(20)21/h7-9,11,19H,3-6,15H2,1-2H3,(H,16,23)(H,17,22)(H,20,21). The van der Waals surface area contributed by atoms with Crippen LogP contribution < -0.4 is 16.4 Å². The molecule has 6 N–H and O–H groups in total. The molecule has 0 aromatic carbocycles. The van der Waals surface area contributed by atoms with Crippen LogP contribution in [-0.2, 0) is 19.2 Å². The van der Waals surface area contributed by atoms with Gasteiger partial charge in [-0.2, -0.15) is 0 Å². The molecule has 4 unspecified atom stereocenters. The molecule has 0 aliphatic carbocycles. The van der Waals surface area contributed by atoms with Crippen molar-refractivity contribution in [3.05, 3.63) is 0 Å². The van der Waals surface area contributed by atoms with Crippen LogP contribution in [0.5, 0.6) is 0 Å². The maximum atomic E-state index is 12.6. The molecule has 10 heteroatoms. The lowest BCUT2D eigenvalue weighted by Crippen LogP contribution is -2.58. The number of nitrogens with zero attached hydrogens (tertiary/aromatic N) is 1. The molecule has 1 aliphatic rings. The number of aliphatic carboxylic acids is 1. The minimum absolute atomic E-state index is 0.279. The van der Waals surface area contributed by atoms with Crippen molar-refractivity contribution in [3.8, 4) is 0 Å². The normalized spacial score (nSPS) is 20.8. The van der Waals surface area contributed by atoms with E-state index < -0.39 is 54.5 Å². The SMILES string of the molecule is CC(N)C(=O)NC(C(=O)N1CCCC1C(=O)NCC(=O)O)C(C)O. The zero-order valence-corrected chi connectivity index (χ0v) is 13.7. The lowest BCUT2D eigenvalue weighted by atomic mass is 10.1. The molecule has 0 spiro atoms.